The van der Waals surface area contributed by atoms with E-state index in [1.807, 2.05) is 0 Å². The van der Waals surface area contributed by atoms with Gasteiger partial charge in [0.05, 0.1) is 0 Å². The van der Waals surface area contributed by atoms with Crippen molar-refractivity contribution in [3.8, 4) is 0 Å². The molecular formula is C19H19ClF2N2O. The van der Waals surface area contributed by atoms with Crippen molar-refractivity contribution in [2.24, 2.45) is 5.92 Å². The van der Waals surface area contributed by atoms with Gasteiger partial charge in [0.1, 0.15) is 11.6 Å². The van der Waals surface area contributed by atoms with Crippen molar-refractivity contribution in [3.63, 3.8) is 0 Å². The second-order valence-corrected chi connectivity index (χ2v) is 6.66. The Bertz CT molecular complexity index is 741. The number of anilines is 1. The smallest absolute Gasteiger partial charge is 0.227 e. The van der Waals surface area contributed by atoms with Crippen LogP contribution >= 0.6 is 11.6 Å². The van der Waals surface area contributed by atoms with Crippen molar-refractivity contribution in [2.45, 2.75) is 19.4 Å². The summed E-state index contributed by atoms with van der Waals surface area (Å²) in [7, 11) is 0. The predicted molar refractivity (Wildman–Crippen MR) is 94.4 cm³/mol. The van der Waals surface area contributed by atoms with Gasteiger partial charge in [-0.2, -0.15) is 0 Å². The third-order valence-corrected chi connectivity index (χ3v) is 4.85. The Labute approximate surface area is 150 Å². The largest absolute Gasteiger partial charge is 0.326 e. The summed E-state index contributed by atoms with van der Waals surface area (Å²) in [4.78, 5) is 14.4. The van der Waals surface area contributed by atoms with Crippen LogP contribution in [0.3, 0.4) is 0 Å². The van der Waals surface area contributed by atoms with Gasteiger partial charge in [-0.15, -0.1) is 0 Å². The highest BCUT2D eigenvalue weighted by molar-refractivity contribution is 6.31. The molecule has 1 aliphatic rings. The molecule has 1 N–H and O–H groups in total. The minimum Gasteiger partial charge on any atom is -0.326 e. The van der Waals surface area contributed by atoms with E-state index < -0.39 is 0 Å². The normalized spacial score (nSPS) is 16.0. The number of rotatable bonds is 4. The summed E-state index contributed by atoms with van der Waals surface area (Å²) in [5.74, 6) is -0.919. The molecule has 1 fully saturated rings. The van der Waals surface area contributed by atoms with Gasteiger partial charge in [0.15, 0.2) is 0 Å². The van der Waals surface area contributed by atoms with Gasteiger partial charge in [0.2, 0.25) is 5.91 Å². The van der Waals surface area contributed by atoms with Gasteiger partial charge in [-0.25, -0.2) is 8.78 Å². The van der Waals surface area contributed by atoms with E-state index in [1.165, 1.54) is 18.2 Å². The molecule has 0 saturated carbocycles. The summed E-state index contributed by atoms with van der Waals surface area (Å²) in [5, 5.41) is 3.18. The van der Waals surface area contributed by atoms with Gasteiger partial charge in [-0.1, -0.05) is 23.7 Å². The van der Waals surface area contributed by atoms with Gasteiger partial charge in [0.25, 0.3) is 0 Å². The molecule has 0 aromatic heterocycles. The van der Waals surface area contributed by atoms with Crippen molar-refractivity contribution >= 4 is 23.2 Å². The molecule has 0 atom stereocenters. The molecule has 0 unspecified atom stereocenters. The van der Waals surface area contributed by atoms with Gasteiger partial charge >= 0.3 is 0 Å². The molecule has 1 heterocycles. The van der Waals surface area contributed by atoms with E-state index in [4.69, 9.17) is 11.6 Å². The van der Waals surface area contributed by atoms with E-state index in [0.717, 1.165) is 0 Å². The zero-order chi connectivity index (χ0) is 17.8. The highest BCUT2D eigenvalue weighted by Crippen LogP contribution is 2.25. The van der Waals surface area contributed by atoms with Crippen LogP contribution in [0.1, 0.15) is 18.4 Å². The first-order valence-electron chi connectivity index (χ1n) is 8.24. The molecule has 1 amide bonds. The maximum Gasteiger partial charge on any atom is 0.227 e. The first kappa shape index (κ1) is 17.8. The lowest BCUT2D eigenvalue weighted by molar-refractivity contribution is -0.121. The fourth-order valence-electron chi connectivity index (χ4n) is 3.07. The standard InChI is InChI=1S/C19H19ClF2N2O/c20-17-5-2-6-18(22)16(17)12-24-9-7-13(8-10-24)19(25)23-15-4-1-3-14(21)11-15/h1-6,11,13H,7-10,12H2,(H,23,25). The predicted octanol–water partition coefficient (Wildman–Crippen LogP) is 4.47. The number of nitrogens with zero attached hydrogens (tertiary/aromatic N) is 1. The maximum atomic E-state index is 13.9. The van der Waals surface area contributed by atoms with Crippen molar-refractivity contribution in [2.75, 3.05) is 18.4 Å². The van der Waals surface area contributed by atoms with Crippen LogP contribution in [0.4, 0.5) is 14.5 Å². The zero-order valence-corrected chi connectivity index (χ0v) is 14.4. The molecule has 3 nitrogen and oxygen atoms in total. The first-order valence-corrected chi connectivity index (χ1v) is 8.62. The minimum absolute atomic E-state index is 0.103. The SMILES string of the molecule is O=C(Nc1cccc(F)c1)C1CCN(Cc2c(F)cccc2Cl)CC1. The lowest BCUT2D eigenvalue weighted by atomic mass is 9.95. The van der Waals surface area contributed by atoms with Crippen LogP contribution in [0.25, 0.3) is 0 Å². The number of hydrogen-bond acceptors (Lipinski definition) is 2. The molecule has 1 aliphatic heterocycles. The van der Waals surface area contributed by atoms with Crippen LogP contribution in [0.2, 0.25) is 5.02 Å². The van der Waals surface area contributed by atoms with Gasteiger partial charge in [-0.3, -0.25) is 9.69 Å². The van der Waals surface area contributed by atoms with E-state index in [-0.39, 0.29) is 23.5 Å². The van der Waals surface area contributed by atoms with Crippen molar-refractivity contribution < 1.29 is 13.6 Å². The molecular weight excluding hydrogens is 346 g/mol. The topological polar surface area (TPSA) is 32.3 Å². The molecule has 2 aromatic carbocycles. The summed E-state index contributed by atoms with van der Waals surface area (Å²) >= 11 is 6.07. The van der Waals surface area contributed by atoms with E-state index in [9.17, 15) is 13.6 Å². The molecule has 0 radical (unpaired) electrons. The fourth-order valence-corrected chi connectivity index (χ4v) is 3.29. The number of piperidine rings is 1. The molecule has 132 valence electrons. The number of halogens is 3. The zero-order valence-electron chi connectivity index (χ0n) is 13.6. The summed E-state index contributed by atoms with van der Waals surface area (Å²) in [5.41, 5.74) is 0.956. The average Bonchev–Trinajstić information content (AvgIpc) is 2.59. The van der Waals surface area contributed by atoms with Gasteiger partial charge < -0.3 is 5.32 Å². The summed E-state index contributed by atoms with van der Waals surface area (Å²) in [6.45, 7) is 1.81. The highest BCUT2D eigenvalue weighted by atomic mass is 35.5. The Kier molecular flexibility index (Phi) is 5.66. The number of carbonyl (C=O) groups is 1. The number of carbonyl (C=O) groups excluding carboxylic acids is 1. The van der Waals surface area contributed by atoms with Crippen molar-refractivity contribution in [3.05, 3.63) is 64.7 Å². The fraction of sp³-hybridized carbons (Fsp3) is 0.316. The lowest BCUT2D eigenvalue weighted by Crippen LogP contribution is -2.38. The molecule has 0 spiro atoms. The second kappa shape index (κ2) is 7.93. The molecule has 2 aromatic rings. The maximum absolute atomic E-state index is 13.9. The second-order valence-electron chi connectivity index (χ2n) is 6.25. The highest BCUT2D eigenvalue weighted by Gasteiger charge is 2.26. The lowest BCUT2D eigenvalue weighted by Gasteiger charge is -2.31. The van der Waals surface area contributed by atoms with E-state index in [1.54, 1.807) is 24.3 Å². The molecule has 3 rings (SSSR count). The molecule has 6 heteroatoms. The van der Waals surface area contributed by atoms with Crippen LogP contribution in [0.5, 0.6) is 0 Å². The minimum atomic E-state index is -0.380. The van der Waals surface area contributed by atoms with E-state index >= 15 is 0 Å². The molecule has 25 heavy (non-hydrogen) atoms. The van der Waals surface area contributed by atoms with Crippen molar-refractivity contribution in [1.82, 2.24) is 4.90 Å². The van der Waals surface area contributed by atoms with Crippen LogP contribution in [0.15, 0.2) is 42.5 Å². The Balaban J connectivity index is 1.54. The van der Waals surface area contributed by atoms with Crippen LogP contribution in [0, 0.1) is 17.6 Å². The Hall–Kier alpha value is -1.98. The quantitative estimate of drug-likeness (QED) is 0.868. The van der Waals surface area contributed by atoms with E-state index in [2.05, 4.69) is 10.2 Å². The van der Waals surface area contributed by atoms with E-state index in [0.29, 0.717) is 48.7 Å². The number of nitrogens with one attached hydrogen (secondary N) is 1. The molecule has 1 saturated heterocycles. The van der Waals surface area contributed by atoms with Crippen LogP contribution < -0.4 is 5.32 Å². The average molecular weight is 365 g/mol. The Morgan fingerprint density at radius 1 is 1.16 bits per heavy atom. The summed E-state index contributed by atoms with van der Waals surface area (Å²) < 4.78 is 27.1. The van der Waals surface area contributed by atoms with Crippen molar-refractivity contribution in [1.29, 1.82) is 0 Å². The number of hydrogen-bond donors (Lipinski definition) is 1. The Morgan fingerprint density at radius 3 is 2.56 bits per heavy atom. The first-order chi connectivity index (χ1) is 12.0. The molecule has 0 bridgehead atoms. The van der Waals surface area contributed by atoms with Crippen LogP contribution in [-0.4, -0.2) is 23.9 Å². The third-order valence-electron chi connectivity index (χ3n) is 4.49. The summed E-state index contributed by atoms with van der Waals surface area (Å²) in [6, 6.07) is 10.5. The summed E-state index contributed by atoms with van der Waals surface area (Å²) in [6.07, 6.45) is 1.35. The number of amides is 1. The third kappa shape index (κ3) is 4.55. The Morgan fingerprint density at radius 2 is 1.88 bits per heavy atom. The van der Waals surface area contributed by atoms with Gasteiger partial charge in [-0.05, 0) is 56.3 Å². The van der Waals surface area contributed by atoms with Gasteiger partial charge in [0, 0.05) is 28.7 Å². The molecule has 0 aliphatic carbocycles. The number of benzene rings is 2. The van der Waals surface area contributed by atoms with Crippen LogP contribution in [-0.2, 0) is 11.3 Å². The number of likely N-dealkylation sites (tertiary alicyclic amines) is 1. The monoisotopic (exact) mass is 364 g/mol.